The lowest BCUT2D eigenvalue weighted by atomic mass is 9.87. The molecule has 0 bridgehead atoms. The average Bonchev–Trinajstić information content (AvgIpc) is 2.58. The molecular weight excluding hydrogens is 471 g/mol. The molecule has 9 heteroatoms. The fourth-order valence-electron chi connectivity index (χ4n) is 3.42. The monoisotopic (exact) mass is 504 g/mol. The number of aliphatic imine (C=N–C) groups is 1. The maximum Gasteiger partial charge on any atom is 0.211 e. The van der Waals surface area contributed by atoms with E-state index in [0.717, 1.165) is 31.3 Å². The Balaban J connectivity index is 0.00000312. The maximum atomic E-state index is 11.5. The van der Waals surface area contributed by atoms with E-state index in [0.29, 0.717) is 17.8 Å². The zero-order valence-corrected chi connectivity index (χ0v) is 19.4. The Bertz CT molecular complexity index is 517. The summed E-state index contributed by atoms with van der Waals surface area (Å²) in [6.07, 6.45) is 6.67. The summed E-state index contributed by atoms with van der Waals surface area (Å²) in [7, 11) is -3.13. The molecule has 1 aliphatic carbocycles. The third-order valence-corrected chi connectivity index (χ3v) is 7.66. The van der Waals surface area contributed by atoms with Crippen LogP contribution in [-0.2, 0) is 10.0 Å². The van der Waals surface area contributed by atoms with Gasteiger partial charge in [-0.15, -0.1) is 24.0 Å². The highest BCUT2D eigenvalue weighted by atomic mass is 127. The zero-order valence-electron chi connectivity index (χ0n) is 15.4. The van der Waals surface area contributed by atoms with Crippen LogP contribution in [0.3, 0.4) is 0 Å². The Kier molecular flexibility index (Phi) is 10.4. The second kappa shape index (κ2) is 11.2. The van der Waals surface area contributed by atoms with Gasteiger partial charge in [0.15, 0.2) is 5.96 Å². The molecule has 1 heterocycles. The molecule has 6 nitrogen and oxygen atoms in total. The predicted octanol–water partition coefficient (Wildman–Crippen LogP) is 2.26. The lowest BCUT2D eigenvalue weighted by molar-refractivity contribution is 0.293. The Hall–Kier alpha value is 0.260. The number of guanidine groups is 1. The molecule has 0 aromatic carbocycles. The quantitative estimate of drug-likeness (QED) is 0.251. The fraction of sp³-hybridized carbons (Fsp3) is 0.938. The third-order valence-electron chi connectivity index (χ3n) is 4.72. The van der Waals surface area contributed by atoms with Crippen LogP contribution in [0.5, 0.6) is 0 Å². The summed E-state index contributed by atoms with van der Waals surface area (Å²) in [5.74, 6) is 2.19. The molecule has 0 radical (unpaired) electrons. The summed E-state index contributed by atoms with van der Waals surface area (Å²) < 4.78 is 26.0. The van der Waals surface area contributed by atoms with E-state index in [9.17, 15) is 8.42 Å². The summed E-state index contributed by atoms with van der Waals surface area (Å²) in [5.41, 5.74) is 0. The van der Waals surface area contributed by atoms with Gasteiger partial charge in [-0.25, -0.2) is 13.1 Å². The molecule has 2 aliphatic rings. The highest BCUT2D eigenvalue weighted by Gasteiger charge is 2.38. The largest absolute Gasteiger partial charge is 0.357 e. The van der Waals surface area contributed by atoms with Crippen molar-refractivity contribution in [2.24, 2.45) is 4.99 Å². The third kappa shape index (κ3) is 7.42. The molecule has 0 atom stereocenters. The van der Waals surface area contributed by atoms with E-state index in [1.54, 1.807) is 6.92 Å². The number of sulfonamides is 1. The van der Waals surface area contributed by atoms with Crippen LogP contribution < -0.4 is 10.0 Å². The first kappa shape index (κ1) is 23.3. The second-order valence-corrected chi connectivity index (χ2v) is 10.2. The summed E-state index contributed by atoms with van der Waals surface area (Å²) in [4.78, 5) is 7.02. The van der Waals surface area contributed by atoms with Gasteiger partial charge >= 0.3 is 0 Å². The van der Waals surface area contributed by atoms with Gasteiger partial charge < -0.3 is 10.2 Å². The fourth-order valence-corrected chi connectivity index (χ4v) is 5.59. The van der Waals surface area contributed by atoms with Crippen molar-refractivity contribution < 1.29 is 8.42 Å². The SMILES string of the molecule is CCNC(=NCCNS(=O)(=O)CC)N1CCSC2(CCCCC2)C1.I. The molecule has 0 amide bonds. The zero-order chi connectivity index (χ0) is 17.5. The van der Waals surface area contributed by atoms with E-state index in [1.807, 2.05) is 0 Å². The van der Waals surface area contributed by atoms with E-state index in [1.165, 1.54) is 32.1 Å². The van der Waals surface area contributed by atoms with E-state index in [-0.39, 0.29) is 29.7 Å². The van der Waals surface area contributed by atoms with Gasteiger partial charge in [-0.1, -0.05) is 19.3 Å². The number of hydrogen-bond donors (Lipinski definition) is 2. The van der Waals surface area contributed by atoms with Crippen LogP contribution in [0.2, 0.25) is 0 Å². The molecule has 0 unspecified atom stereocenters. The van der Waals surface area contributed by atoms with Gasteiger partial charge in [0, 0.05) is 36.7 Å². The van der Waals surface area contributed by atoms with Gasteiger partial charge in [0.25, 0.3) is 0 Å². The van der Waals surface area contributed by atoms with Gasteiger partial charge in [0.2, 0.25) is 10.0 Å². The molecule has 1 saturated carbocycles. The maximum absolute atomic E-state index is 11.5. The van der Waals surface area contributed by atoms with E-state index in [4.69, 9.17) is 0 Å². The van der Waals surface area contributed by atoms with E-state index < -0.39 is 10.0 Å². The summed E-state index contributed by atoms with van der Waals surface area (Å²) in [6.45, 7) is 7.45. The topological polar surface area (TPSA) is 73.8 Å². The van der Waals surface area contributed by atoms with Crippen LogP contribution in [-0.4, -0.2) is 68.3 Å². The van der Waals surface area contributed by atoms with Gasteiger partial charge in [-0.2, -0.15) is 11.8 Å². The normalized spacial score (nSPS) is 21.0. The summed E-state index contributed by atoms with van der Waals surface area (Å²) in [6, 6.07) is 0. The van der Waals surface area contributed by atoms with Crippen LogP contribution in [0.15, 0.2) is 4.99 Å². The van der Waals surface area contributed by atoms with Crippen molar-refractivity contribution in [1.29, 1.82) is 0 Å². The van der Waals surface area contributed by atoms with Crippen LogP contribution in [0.4, 0.5) is 0 Å². The van der Waals surface area contributed by atoms with Crippen molar-refractivity contribution in [2.75, 3.05) is 44.2 Å². The first-order chi connectivity index (χ1) is 11.5. The Morgan fingerprint density at radius 3 is 2.60 bits per heavy atom. The minimum atomic E-state index is -3.13. The van der Waals surface area contributed by atoms with Crippen molar-refractivity contribution in [3.8, 4) is 0 Å². The van der Waals surface area contributed by atoms with Gasteiger partial charge in [0.05, 0.1) is 12.3 Å². The highest BCUT2D eigenvalue weighted by Crippen LogP contribution is 2.42. The number of nitrogens with zero attached hydrogens (tertiary/aromatic N) is 2. The number of nitrogens with one attached hydrogen (secondary N) is 2. The smallest absolute Gasteiger partial charge is 0.211 e. The number of halogens is 1. The molecule has 2 rings (SSSR count). The van der Waals surface area contributed by atoms with E-state index >= 15 is 0 Å². The first-order valence-electron chi connectivity index (χ1n) is 9.15. The molecular formula is C16H33IN4O2S2. The second-order valence-electron chi connectivity index (χ2n) is 6.55. The Morgan fingerprint density at radius 2 is 1.96 bits per heavy atom. The summed E-state index contributed by atoms with van der Waals surface area (Å²) >= 11 is 2.14. The molecule has 2 fully saturated rings. The van der Waals surface area contributed by atoms with Crippen LogP contribution >= 0.6 is 35.7 Å². The van der Waals surface area contributed by atoms with Crippen molar-refractivity contribution in [3.63, 3.8) is 0 Å². The molecule has 1 saturated heterocycles. The van der Waals surface area contributed by atoms with Gasteiger partial charge in [-0.05, 0) is 26.7 Å². The van der Waals surface area contributed by atoms with Crippen LogP contribution in [0, 0.1) is 0 Å². The lowest BCUT2D eigenvalue weighted by Gasteiger charge is -2.45. The average molecular weight is 505 g/mol. The molecule has 1 aliphatic heterocycles. The minimum Gasteiger partial charge on any atom is -0.357 e. The van der Waals surface area contributed by atoms with Gasteiger partial charge in [0.1, 0.15) is 0 Å². The van der Waals surface area contributed by atoms with Crippen LogP contribution in [0.1, 0.15) is 46.0 Å². The lowest BCUT2D eigenvalue weighted by Crippen LogP contribution is -2.53. The number of rotatable bonds is 6. The van der Waals surface area contributed by atoms with Gasteiger partial charge in [-0.3, -0.25) is 4.99 Å². The van der Waals surface area contributed by atoms with E-state index in [2.05, 4.69) is 38.6 Å². The number of hydrogen-bond acceptors (Lipinski definition) is 4. The summed E-state index contributed by atoms with van der Waals surface area (Å²) in [5, 5.41) is 3.38. The molecule has 1 spiro atoms. The first-order valence-corrected chi connectivity index (χ1v) is 11.8. The number of thioether (sulfide) groups is 1. The van der Waals surface area contributed by atoms with Crippen molar-refractivity contribution in [3.05, 3.63) is 0 Å². The Morgan fingerprint density at radius 1 is 1.24 bits per heavy atom. The van der Waals surface area contributed by atoms with Crippen molar-refractivity contribution >= 4 is 51.7 Å². The van der Waals surface area contributed by atoms with Crippen LogP contribution in [0.25, 0.3) is 0 Å². The molecule has 25 heavy (non-hydrogen) atoms. The van der Waals surface area contributed by atoms with Crippen molar-refractivity contribution in [1.82, 2.24) is 14.9 Å². The van der Waals surface area contributed by atoms with Crippen molar-refractivity contribution in [2.45, 2.75) is 50.7 Å². The molecule has 2 N–H and O–H groups in total. The molecule has 0 aromatic heterocycles. The Labute approximate surface area is 174 Å². The standard InChI is InChI=1S/C16H32N4O2S2.HI/c1-3-17-15(18-10-11-19-24(21,22)4-2)20-12-13-23-16(14-20)8-6-5-7-9-16;/h19H,3-14H2,1-2H3,(H,17,18);1H. The molecule has 0 aromatic rings. The minimum absolute atomic E-state index is 0. The molecule has 148 valence electrons. The predicted molar refractivity (Wildman–Crippen MR) is 119 cm³/mol. The highest BCUT2D eigenvalue weighted by molar-refractivity contribution is 14.0.